The number of pyridine rings is 1. The van der Waals surface area contributed by atoms with E-state index in [4.69, 9.17) is 10.5 Å². The van der Waals surface area contributed by atoms with Crippen molar-refractivity contribution in [3.05, 3.63) is 22.4 Å². The highest BCUT2D eigenvalue weighted by Crippen LogP contribution is 2.35. The molecule has 1 aromatic rings. The van der Waals surface area contributed by atoms with Crippen molar-refractivity contribution in [2.45, 2.75) is 51.7 Å². The average Bonchev–Trinajstić information content (AvgIpc) is 3.05. The smallest absolute Gasteiger partial charge is 0.226 e. The number of nitrogens with zero attached hydrogens (tertiary/aromatic N) is 2. The van der Waals surface area contributed by atoms with Gasteiger partial charge in [0.05, 0.1) is 13.2 Å². The normalized spacial score (nSPS) is 24.0. The molecule has 5 heteroatoms. The van der Waals surface area contributed by atoms with Gasteiger partial charge >= 0.3 is 0 Å². The number of fused-ring (bicyclic) bond motifs is 3. The Bertz CT molecular complexity index is 608. The number of nitrogens with two attached hydrogens (primary N) is 1. The van der Waals surface area contributed by atoms with E-state index in [1.165, 1.54) is 17.5 Å². The highest BCUT2D eigenvalue weighted by Gasteiger charge is 2.33. The van der Waals surface area contributed by atoms with E-state index in [-0.39, 0.29) is 5.92 Å². The number of amides is 1. The maximum absolute atomic E-state index is 12.8. The van der Waals surface area contributed by atoms with Crippen molar-refractivity contribution >= 4 is 11.7 Å². The van der Waals surface area contributed by atoms with Gasteiger partial charge in [0, 0.05) is 30.3 Å². The van der Waals surface area contributed by atoms with Crippen molar-refractivity contribution in [3.8, 4) is 0 Å². The summed E-state index contributed by atoms with van der Waals surface area (Å²) in [5.74, 6) is 1.07. The molecule has 2 N–H and O–H groups in total. The zero-order valence-electron chi connectivity index (χ0n) is 12.9. The fraction of sp³-hybridized carbons (Fsp3) is 0.647. The third-order valence-electron chi connectivity index (χ3n) is 5.33. The van der Waals surface area contributed by atoms with Crippen LogP contribution in [0.15, 0.2) is 0 Å². The summed E-state index contributed by atoms with van der Waals surface area (Å²) in [5.41, 5.74) is 10.6. The number of aromatic nitrogens is 1. The van der Waals surface area contributed by atoms with E-state index in [1.807, 2.05) is 0 Å². The Morgan fingerprint density at radius 2 is 1.91 bits per heavy atom. The van der Waals surface area contributed by atoms with Crippen LogP contribution in [0.5, 0.6) is 0 Å². The minimum atomic E-state index is 0.112. The van der Waals surface area contributed by atoms with Crippen LogP contribution < -0.4 is 5.73 Å². The molecule has 1 saturated heterocycles. The lowest BCUT2D eigenvalue weighted by molar-refractivity contribution is -0.136. The van der Waals surface area contributed by atoms with E-state index >= 15 is 0 Å². The summed E-state index contributed by atoms with van der Waals surface area (Å²) < 4.78 is 5.56. The monoisotopic (exact) mass is 301 g/mol. The van der Waals surface area contributed by atoms with Crippen LogP contribution in [0.3, 0.4) is 0 Å². The van der Waals surface area contributed by atoms with Gasteiger partial charge in [-0.1, -0.05) is 0 Å². The maximum atomic E-state index is 12.8. The fourth-order valence-electron chi connectivity index (χ4n) is 4.07. The van der Waals surface area contributed by atoms with Crippen molar-refractivity contribution in [3.63, 3.8) is 0 Å². The molecule has 3 heterocycles. The highest BCUT2D eigenvalue weighted by molar-refractivity contribution is 5.79. The number of hydrogen-bond acceptors (Lipinski definition) is 4. The summed E-state index contributed by atoms with van der Waals surface area (Å²) in [7, 11) is 0. The first-order valence-corrected chi connectivity index (χ1v) is 8.39. The van der Waals surface area contributed by atoms with Crippen LogP contribution in [0.4, 0.5) is 5.82 Å². The van der Waals surface area contributed by atoms with E-state index in [0.29, 0.717) is 24.9 Å². The summed E-state index contributed by atoms with van der Waals surface area (Å²) in [6.45, 7) is 3.05. The minimum absolute atomic E-state index is 0.112. The number of carbonyl (C=O) groups is 1. The SMILES string of the molecule is Nc1nc2c(c3c1COC3)CC(C(=O)N1CCCCC1)CC2. The second kappa shape index (κ2) is 5.54. The molecular weight excluding hydrogens is 278 g/mol. The van der Waals surface area contributed by atoms with Gasteiger partial charge in [0.1, 0.15) is 5.82 Å². The Kier molecular flexibility index (Phi) is 3.53. The molecule has 1 fully saturated rings. The topological polar surface area (TPSA) is 68.5 Å². The molecule has 0 spiro atoms. The molecular formula is C17H23N3O2. The minimum Gasteiger partial charge on any atom is -0.383 e. The Balaban J connectivity index is 1.59. The van der Waals surface area contributed by atoms with Gasteiger partial charge in [0.15, 0.2) is 0 Å². The second-order valence-electron chi connectivity index (χ2n) is 6.70. The summed E-state index contributed by atoms with van der Waals surface area (Å²) in [6, 6.07) is 0. The molecule has 0 bridgehead atoms. The number of nitrogen functional groups attached to an aromatic ring is 1. The van der Waals surface area contributed by atoms with E-state index in [0.717, 1.165) is 56.5 Å². The van der Waals surface area contributed by atoms with Crippen molar-refractivity contribution < 1.29 is 9.53 Å². The number of piperidine rings is 1. The molecule has 1 amide bonds. The van der Waals surface area contributed by atoms with Gasteiger partial charge in [0.25, 0.3) is 0 Å². The van der Waals surface area contributed by atoms with Crippen molar-refractivity contribution in [2.24, 2.45) is 5.92 Å². The van der Waals surface area contributed by atoms with Gasteiger partial charge in [-0.15, -0.1) is 0 Å². The molecule has 1 aromatic heterocycles. The molecule has 4 rings (SSSR count). The number of anilines is 1. The number of rotatable bonds is 1. The standard InChI is InChI=1S/C17H23N3O2/c18-16-14-10-22-9-13(14)12-8-11(4-5-15(12)19-16)17(21)20-6-2-1-3-7-20/h11H,1-10H2,(H2,18,19). The summed E-state index contributed by atoms with van der Waals surface area (Å²) in [4.78, 5) is 19.4. The van der Waals surface area contributed by atoms with Gasteiger partial charge in [-0.05, 0) is 49.7 Å². The van der Waals surface area contributed by atoms with Crippen LogP contribution in [-0.4, -0.2) is 28.9 Å². The number of hydrogen-bond donors (Lipinski definition) is 1. The molecule has 3 aliphatic rings. The lowest BCUT2D eigenvalue weighted by Gasteiger charge is -2.33. The van der Waals surface area contributed by atoms with E-state index < -0.39 is 0 Å². The van der Waals surface area contributed by atoms with Gasteiger partial charge in [-0.2, -0.15) is 0 Å². The van der Waals surface area contributed by atoms with Crippen molar-refractivity contribution in [1.82, 2.24) is 9.88 Å². The number of ether oxygens (including phenoxy) is 1. The van der Waals surface area contributed by atoms with Crippen LogP contribution in [0.1, 0.15) is 48.1 Å². The Morgan fingerprint density at radius 3 is 2.73 bits per heavy atom. The molecule has 1 unspecified atom stereocenters. The lowest BCUT2D eigenvalue weighted by Crippen LogP contribution is -2.41. The zero-order chi connectivity index (χ0) is 15.1. The lowest BCUT2D eigenvalue weighted by atomic mass is 9.82. The quantitative estimate of drug-likeness (QED) is 0.859. The van der Waals surface area contributed by atoms with Gasteiger partial charge in [-0.3, -0.25) is 4.79 Å². The van der Waals surface area contributed by atoms with Gasteiger partial charge < -0.3 is 15.4 Å². The van der Waals surface area contributed by atoms with Crippen molar-refractivity contribution in [2.75, 3.05) is 18.8 Å². The average molecular weight is 301 g/mol. The van der Waals surface area contributed by atoms with Crippen LogP contribution >= 0.6 is 0 Å². The van der Waals surface area contributed by atoms with E-state index in [1.54, 1.807) is 0 Å². The molecule has 0 radical (unpaired) electrons. The molecule has 22 heavy (non-hydrogen) atoms. The third-order valence-corrected chi connectivity index (χ3v) is 5.33. The highest BCUT2D eigenvalue weighted by atomic mass is 16.5. The zero-order valence-corrected chi connectivity index (χ0v) is 12.9. The van der Waals surface area contributed by atoms with Crippen LogP contribution in [0, 0.1) is 5.92 Å². The van der Waals surface area contributed by atoms with Crippen LogP contribution in [0.2, 0.25) is 0 Å². The number of aryl methyl sites for hydroxylation is 1. The largest absolute Gasteiger partial charge is 0.383 e. The van der Waals surface area contributed by atoms with Gasteiger partial charge in [0.2, 0.25) is 5.91 Å². The number of likely N-dealkylation sites (tertiary alicyclic amines) is 1. The van der Waals surface area contributed by atoms with Crippen LogP contribution in [0.25, 0.3) is 0 Å². The Labute approximate surface area is 130 Å². The third kappa shape index (κ3) is 2.28. The molecule has 118 valence electrons. The fourth-order valence-corrected chi connectivity index (χ4v) is 4.07. The summed E-state index contributed by atoms with van der Waals surface area (Å²) in [6.07, 6.45) is 6.12. The van der Waals surface area contributed by atoms with Crippen molar-refractivity contribution in [1.29, 1.82) is 0 Å². The number of carbonyl (C=O) groups excluding carboxylic acids is 1. The molecule has 2 aliphatic heterocycles. The van der Waals surface area contributed by atoms with Gasteiger partial charge in [-0.25, -0.2) is 4.98 Å². The van der Waals surface area contributed by atoms with Crippen LogP contribution in [-0.2, 0) is 35.6 Å². The first-order chi connectivity index (χ1) is 10.7. The van der Waals surface area contributed by atoms with E-state index in [9.17, 15) is 4.79 Å². The first kappa shape index (κ1) is 14.0. The molecule has 1 aliphatic carbocycles. The molecule has 1 atom stereocenters. The molecule has 5 nitrogen and oxygen atoms in total. The maximum Gasteiger partial charge on any atom is 0.226 e. The Hall–Kier alpha value is -1.62. The predicted octanol–water partition coefficient (Wildman–Crippen LogP) is 1.81. The Morgan fingerprint density at radius 1 is 1.14 bits per heavy atom. The van der Waals surface area contributed by atoms with E-state index in [2.05, 4.69) is 9.88 Å². The predicted molar refractivity (Wildman–Crippen MR) is 83.1 cm³/mol. The summed E-state index contributed by atoms with van der Waals surface area (Å²) in [5, 5.41) is 0. The molecule has 0 aromatic carbocycles. The molecule has 0 saturated carbocycles. The summed E-state index contributed by atoms with van der Waals surface area (Å²) >= 11 is 0. The first-order valence-electron chi connectivity index (χ1n) is 8.39. The second-order valence-corrected chi connectivity index (χ2v) is 6.70.